The van der Waals surface area contributed by atoms with Gasteiger partial charge in [-0.05, 0) is 45.4 Å². The molecule has 0 aliphatic heterocycles. The summed E-state index contributed by atoms with van der Waals surface area (Å²) in [7, 11) is 0. The van der Waals surface area contributed by atoms with Crippen molar-refractivity contribution < 1.29 is 9.50 Å². The van der Waals surface area contributed by atoms with Crippen LogP contribution in [0.15, 0.2) is 12.1 Å². The molecule has 90 valence electrons. The summed E-state index contributed by atoms with van der Waals surface area (Å²) >= 11 is 0. The maximum atomic E-state index is 13.5. The Balaban J connectivity index is 3.29. The lowest BCUT2D eigenvalue weighted by Gasteiger charge is -2.26. The highest BCUT2D eigenvalue weighted by Crippen LogP contribution is 2.29. The number of anilines is 1. The zero-order valence-corrected chi connectivity index (χ0v) is 10.4. The Kier molecular flexibility index (Phi) is 4.30. The Bertz CT molecular complexity index is 359. The number of hydrogen-bond donors (Lipinski definition) is 1. The van der Waals surface area contributed by atoms with Crippen LogP contribution in [0.4, 0.5) is 10.1 Å². The van der Waals surface area contributed by atoms with E-state index in [9.17, 15) is 9.50 Å². The molecule has 1 rings (SSSR count). The molecule has 0 saturated heterocycles. The smallest absolute Gasteiger partial charge is 0.126 e. The van der Waals surface area contributed by atoms with Gasteiger partial charge in [0.25, 0.3) is 0 Å². The zero-order chi connectivity index (χ0) is 12.3. The van der Waals surface area contributed by atoms with Gasteiger partial charge in [-0.15, -0.1) is 0 Å². The molecule has 0 fully saturated rings. The Labute approximate surface area is 96.7 Å². The number of aryl methyl sites for hydroxylation is 1. The van der Waals surface area contributed by atoms with Crippen LogP contribution in [0.3, 0.4) is 0 Å². The fraction of sp³-hybridized carbons (Fsp3) is 0.538. The summed E-state index contributed by atoms with van der Waals surface area (Å²) in [5, 5.41) is 9.67. The van der Waals surface area contributed by atoms with Gasteiger partial charge in [0.05, 0.1) is 6.10 Å². The number of aliphatic hydroxyl groups is 1. The monoisotopic (exact) mass is 225 g/mol. The van der Waals surface area contributed by atoms with Crippen LogP contribution in [0.1, 0.15) is 38.0 Å². The number of hydrogen-bond acceptors (Lipinski definition) is 2. The molecule has 1 aromatic carbocycles. The van der Waals surface area contributed by atoms with E-state index in [1.54, 1.807) is 13.8 Å². The number of halogens is 1. The van der Waals surface area contributed by atoms with Crippen molar-refractivity contribution in [3.05, 3.63) is 29.1 Å². The molecule has 0 bridgehead atoms. The third-order valence-corrected chi connectivity index (χ3v) is 2.86. The van der Waals surface area contributed by atoms with E-state index in [0.29, 0.717) is 11.1 Å². The molecular formula is C13H20FNO. The first kappa shape index (κ1) is 13.0. The fourth-order valence-corrected chi connectivity index (χ4v) is 1.85. The molecule has 0 amide bonds. The standard InChI is InChI=1S/C13H20FNO/c1-5-15(6-2)13-7-9(3)12(14)8-11(13)10(4)16/h7-8,10,16H,5-6H2,1-4H3/t10-/m1/s1. The van der Waals surface area contributed by atoms with Crippen molar-refractivity contribution in [1.82, 2.24) is 0 Å². The van der Waals surface area contributed by atoms with Crippen molar-refractivity contribution in [2.75, 3.05) is 18.0 Å². The fourth-order valence-electron chi connectivity index (χ4n) is 1.85. The molecule has 0 spiro atoms. The van der Waals surface area contributed by atoms with E-state index in [1.165, 1.54) is 6.07 Å². The predicted octanol–water partition coefficient (Wildman–Crippen LogP) is 3.03. The van der Waals surface area contributed by atoms with Gasteiger partial charge in [-0.3, -0.25) is 0 Å². The summed E-state index contributed by atoms with van der Waals surface area (Å²) in [4.78, 5) is 2.12. The molecule has 0 heterocycles. The molecule has 3 heteroatoms. The van der Waals surface area contributed by atoms with E-state index in [0.717, 1.165) is 18.8 Å². The van der Waals surface area contributed by atoms with E-state index < -0.39 is 6.10 Å². The van der Waals surface area contributed by atoms with Crippen LogP contribution in [-0.4, -0.2) is 18.2 Å². The lowest BCUT2D eigenvalue weighted by atomic mass is 10.0. The number of nitrogens with zero attached hydrogens (tertiary/aromatic N) is 1. The first-order valence-electron chi connectivity index (χ1n) is 5.74. The highest BCUT2D eigenvalue weighted by Gasteiger charge is 2.15. The minimum atomic E-state index is -0.648. The van der Waals surface area contributed by atoms with Gasteiger partial charge >= 0.3 is 0 Å². The summed E-state index contributed by atoms with van der Waals surface area (Å²) in [6.07, 6.45) is -0.648. The summed E-state index contributed by atoms with van der Waals surface area (Å²) in [5.41, 5.74) is 2.21. The van der Waals surface area contributed by atoms with Crippen molar-refractivity contribution >= 4 is 5.69 Å². The molecular weight excluding hydrogens is 205 g/mol. The summed E-state index contributed by atoms with van der Waals surface area (Å²) in [6.45, 7) is 9.20. The third kappa shape index (κ3) is 2.53. The van der Waals surface area contributed by atoms with Gasteiger partial charge in [0.2, 0.25) is 0 Å². The normalized spacial score (nSPS) is 12.6. The van der Waals surface area contributed by atoms with Crippen molar-refractivity contribution in [1.29, 1.82) is 0 Å². The van der Waals surface area contributed by atoms with Gasteiger partial charge < -0.3 is 10.0 Å². The Morgan fingerprint density at radius 3 is 2.31 bits per heavy atom. The van der Waals surface area contributed by atoms with E-state index in [4.69, 9.17) is 0 Å². The summed E-state index contributed by atoms with van der Waals surface area (Å²) in [6, 6.07) is 3.25. The second-order valence-electron chi connectivity index (χ2n) is 4.01. The first-order chi connectivity index (χ1) is 7.51. The number of rotatable bonds is 4. The largest absolute Gasteiger partial charge is 0.389 e. The van der Waals surface area contributed by atoms with E-state index in [-0.39, 0.29) is 5.82 Å². The highest BCUT2D eigenvalue weighted by atomic mass is 19.1. The zero-order valence-electron chi connectivity index (χ0n) is 10.4. The predicted molar refractivity (Wildman–Crippen MR) is 65.3 cm³/mol. The van der Waals surface area contributed by atoms with E-state index in [1.807, 2.05) is 19.9 Å². The molecule has 0 radical (unpaired) electrons. The second-order valence-corrected chi connectivity index (χ2v) is 4.01. The highest BCUT2D eigenvalue weighted by molar-refractivity contribution is 5.56. The molecule has 1 atom stereocenters. The van der Waals surface area contributed by atoms with Crippen LogP contribution >= 0.6 is 0 Å². The average Bonchev–Trinajstić information content (AvgIpc) is 2.24. The van der Waals surface area contributed by atoms with E-state index in [2.05, 4.69) is 4.90 Å². The molecule has 16 heavy (non-hydrogen) atoms. The number of benzene rings is 1. The quantitative estimate of drug-likeness (QED) is 0.851. The van der Waals surface area contributed by atoms with Crippen LogP contribution < -0.4 is 4.90 Å². The van der Waals surface area contributed by atoms with Gasteiger partial charge in [0.15, 0.2) is 0 Å². The second kappa shape index (κ2) is 5.30. The first-order valence-corrected chi connectivity index (χ1v) is 5.74. The lowest BCUT2D eigenvalue weighted by molar-refractivity contribution is 0.199. The Morgan fingerprint density at radius 2 is 1.88 bits per heavy atom. The SMILES string of the molecule is CCN(CC)c1cc(C)c(F)cc1[C@@H](C)O. The van der Waals surface area contributed by atoms with Gasteiger partial charge in [0, 0.05) is 24.3 Å². The van der Waals surface area contributed by atoms with Gasteiger partial charge in [-0.2, -0.15) is 0 Å². The molecule has 1 aromatic rings. The van der Waals surface area contributed by atoms with Crippen molar-refractivity contribution in [3.8, 4) is 0 Å². The summed E-state index contributed by atoms with van der Waals surface area (Å²) < 4.78 is 13.5. The van der Waals surface area contributed by atoms with Gasteiger partial charge in [-0.1, -0.05) is 0 Å². The molecule has 0 saturated carbocycles. The maximum Gasteiger partial charge on any atom is 0.126 e. The van der Waals surface area contributed by atoms with Crippen LogP contribution in [0.2, 0.25) is 0 Å². The van der Waals surface area contributed by atoms with Crippen LogP contribution in [0, 0.1) is 12.7 Å². The minimum Gasteiger partial charge on any atom is -0.389 e. The average molecular weight is 225 g/mol. The Hall–Kier alpha value is -1.09. The maximum absolute atomic E-state index is 13.5. The molecule has 2 nitrogen and oxygen atoms in total. The van der Waals surface area contributed by atoms with Crippen molar-refractivity contribution in [2.24, 2.45) is 0 Å². The molecule has 0 aliphatic rings. The van der Waals surface area contributed by atoms with Crippen LogP contribution in [0.25, 0.3) is 0 Å². The number of aliphatic hydroxyl groups excluding tert-OH is 1. The third-order valence-electron chi connectivity index (χ3n) is 2.86. The molecule has 1 N–H and O–H groups in total. The van der Waals surface area contributed by atoms with Gasteiger partial charge in [-0.25, -0.2) is 4.39 Å². The molecule has 0 aromatic heterocycles. The van der Waals surface area contributed by atoms with Gasteiger partial charge in [0.1, 0.15) is 5.82 Å². The lowest BCUT2D eigenvalue weighted by Crippen LogP contribution is -2.24. The van der Waals surface area contributed by atoms with E-state index >= 15 is 0 Å². The molecule has 0 aliphatic carbocycles. The molecule has 0 unspecified atom stereocenters. The topological polar surface area (TPSA) is 23.5 Å². The van der Waals surface area contributed by atoms with Crippen LogP contribution in [0.5, 0.6) is 0 Å². The summed E-state index contributed by atoms with van der Waals surface area (Å²) in [5.74, 6) is -0.258. The van der Waals surface area contributed by atoms with Crippen LogP contribution in [-0.2, 0) is 0 Å². The minimum absolute atomic E-state index is 0.258. The van der Waals surface area contributed by atoms with Crippen molar-refractivity contribution in [3.63, 3.8) is 0 Å². The Morgan fingerprint density at radius 1 is 1.31 bits per heavy atom. The van der Waals surface area contributed by atoms with Crippen molar-refractivity contribution in [2.45, 2.75) is 33.8 Å².